The Balaban J connectivity index is 1.71. The molecular formula is C27H28Cl2N2O6S. The highest BCUT2D eigenvalue weighted by atomic mass is 35.5. The minimum atomic E-state index is -3.31. The number of nitrogens with zero attached hydrogens (tertiary/aromatic N) is 1. The van der Waals surface area contributed by atoms with Gasteiger partial charge in [-0.25, -0.2) is 13.2 Å². The smallest absolute Gasteiger partial charge is 0.408 e. The summed E-state index contributed by atoms with van der Waals surface area (Å²) < 4.78 is 35.9. The van der Waals surface area contributed by atoms with Gasteiger partial charge in [0.2, 0.25) is 0 Å². The summed E-state index contributed by atoms with van der Waals surface area (Å²) in [5.41, 5.74) is 1.93. The molecule has 2 heterocycles. The molecule has 0 aliphatic carbocycles. The number of carbonyl (C=O) groups is 2. The van der Waals surface area contributed by atoms with E-state index in [0.29, 0.717) is 39.1 Å². The second-order valence-electron chi connectivity index (χ2n) is 9.12. The van der Waals surface area contributed by atoms with Crippen LogP contribution in [0.4, 0.5) is 4.79 Å². The molecule has 0 bridgehead atoms. The zero-order valence-electron chi connectivity index (χ0n) is 20.9. The lowest BCUT2D eigenvalue weighted by Crippen LogP contribution is -2.56. The number of halogens is 2. The number of sulfone groups is 1. The van der Waals surface area contributed by atoms with Gasteiger partial charge in [-0.05, 0) is 50.6 Å². The first kappa shape index (κ1) is 28.2. The molecule has 3 aromatic rings. The van der Waals surface area contributed by atoms with Gasteiger partial charge in [0.25, 0.3) is 0 Å². The normalized spacial score (nSPS) is 17.3. The molecule has 1 aromatic heterocycles. The number of aryl methyl sites for hydroxylation is 1. The minimum Gasteiger partial charge on any atom is -0.460 e. The maximum Gasteiger partial charge on any atom is 0.408 e. The zero-order chi connectivity index (χ0) is 27.4. The lowest BCUT2D eigenvalue weighted by molar-refractivity contribution is 0.0598. The number of ether oxygens (including phenoxy) is 1. The van der Waals surface area contributed by atoms with E-state index in [1.165, 1.54) is 0 Å². The van der Waals surface area contributed by atoms with E-state index in [1.54, 1.807) is 66.4 Å². The van der Waals surface area contributed by atoms with Crippen molar-refractivity contribution in [3.05, 3.63) is 81.5 Å². The van der Waals surface area contributed by atoms with Crippen LogP contribution in [0, 0.1) is 6.92 Å². The molecule has 0 spiro atoms. The molecule has 0 saturated carbocycles. The van der Waals surface area contributed by atoms with Gasteiger partial charge in [-0.1, -0.05) is 53.0 Å². The fourth-order valence-electron chi connectivity index (χ4n) is 4.40. The van der Waals surface area contributed by atoms with Crippen LogP contribution in [-0.4, -0.2) is 55.5 Å². The van der Waals surface area contributed by atoms with Crippen LogP contribution in [0.15, 0.2) is 59.0 Å². The van der Waals surface area contributed by atoms with E-state index >= 15 is 0 Å². The average Bonchev–Trinajstić information content (AvgIpc) is 3.49. The molecule has 11 heteroatoms. The van der Waals surface area contributed by atoms with E-state index in [1.807, 2.05) is 6.92 Å². The van der Waals surface area contributed by atoms with Crippen LogP contribution < -0.4 is 5.32 Å². The van der Waals surface area contributed by atoms with Crippen molar-refractivity contribution < 1.29 is 27.2 Å². The predicted molar refractivity (Wildman–Crippen MR) is 146 cm³/mol. The number of Topliss-reactive ketones (excluding diaryl/α,β-unsaturated/α-hetero) is 1. The van der Waals surface area contributed by atoms with Crippen molar-refractivity contribution in [3.63, 3.8) is 0 Å². The third-order valence-corrected chi connectivity index (χ3v) is 8.63. The molecule has 1 amide bonds. The number of nitrogens with one attached hydrogen (secondary N) is 1. The molecule has 8 nitrogen and oxygen atoms in total. The van der Waals surface area contributed by atoms with Gasteiger partial charge >= 0.3 is 6.09 Å². The first-order valence-electron chi connectivity index (χ1n) is 12.1. The Morgan fingerprint density at radius 3 is 2.53 bits per heavy atom. The Morgan fingerprint density at radius 2 is 1.87 bits per heavy atom. The monoisotopic (exact) mass is 578 g/mol. The van der Waals surface area contributed by atoms with Crippen molar-refractivity contribution >= 4 is 44.9 Å². The van der Waals surface area contributed by atoms with E-state index in [9.17, 15) is 18.0 Å². The second kappa shape index (κ2) is 11.9. The van der Waals surface area contributed by atoms with Crippen molar-refractivity contribution in [2.24, 2.45) is 0 Å². The number of rotatable bonds is 9. The molecule has 1 saturated heterocycles. The Morgan fingerprint density at radius 1 is 1.13 bits per heavy atom. The van der Waals surface area contributed by atoms with Crippen molar-refractivity contribution in [3.8, 4) is 11.3 Å². The van der Waals surface area contributed by atoms with Gasteiger partial charge in [-0.2, -0.15) is 0 Å². The summed E-state index contributed by atoms with van der Waals surface area (Å²) in [4.78, 5) is 27.9. The Labute approximate surface area is 231 Å². The Kier molecular flexibility index (Phi) is 8.82. The number of hydrogen-bond donors (Lipinski definition) is 1. The lowest BCUT2D eigenvalue weighted by atomic mass is 10.0. The van der Waals surface area contributed by atoms with Gasteiger partial charge < -0.3 is 9.15 Å². The predicted octanol–water partition coefficient (Wildman–Crippen LogP) is 5.51. The molecule has 0 radical (unpaired) electrons. The van der Waals surface area contributed by atoms with E-state index in [2.05, 4.69) is 5.32 Å². The minimum absolute atomic E-state index is 0.0134. The van der Waals surface area contributed by atoms with Gasteiger partial charge in [0, 0.05) is 22.2 Å². The van der Waals surface area contributed by atoms with Crippen molar-refractivity contribution in [1.82, 2.24) is 10.2 Å². The lowest BCUT2D eigenvalue weighted by Gasteiger charge is -2.34. The Hall–Kier alpha value is -2.85. The maximum atomic E-state index is 13.7. The number of benzene rings is 2. The highest BCUT2D eigenvalue weighted by Crippen LogP contribution is 2.33. The number of hydrogen-bond acceptors (Lipinski definition) is 7. The highest BCUT2D eigenvalue weighted by Gasteiger charge is 2.40. The summed E-state index contributed by atoms with van der Waals surface area (Å²) in [6, 6.07) is 14.9. The molecule has 1 N–H and O–H groups in total. The topological polar surface area (TPSA) is 106 Å². The summed E-state index contributed by atoms with van der Waals surface area (Å²) in [5.74, 6) is 0.356. The Bertz CT molecular complexity index is 1420. The largest absolute Gasteiger partial charge is 0.460 e. The first-order valence-corrected chi connectivity index (χ1v) is 14.7. The van der Waals surface area contributed by atoms with Gasteiger partial charge in [-0.15, -0.1) is 0 Å². The molecule has 38 heavy (non-hydrogen) atoms. The van der Waals surface area contributed by atoms with Crippen LogP contribution >= 0.6 is 23.2 Å². The molecule has 1 aliphatic rings. The van der Waals surface area contributed by atoms with Crippen LogP contribution in [0.1, 0.15) is 35.0 Å². The van der Waals surface area contributed by atoms with Gasteiger partial charge in [0.15, 0.2) is 21.8 Å². The molecule has 202 valence electrons. The standard InChI is InChI=1S/C27H28Cl2N2O6S/c1-3-36-27(33)30-26(25(32)18-6-4-17(2)5-7-18)31(20-12-13-38(34,35)16-20)15-21-9-11-24(37-21)22-14-19(28)8-10-23(22)29/h4-11,14,20,26H,3,12-13,15-16H2,1-2H3,(H,30,33). The van der Waals surface area contributed by atoms with E-state index in [4.69, 9.17) is 32.4 Å². The number of furan rings is 1. The van der Waals surface area contributed by atoms with E-state index in [-0.39, 0.29) is 24.7 Å². The van der Waals surface area contributed by atoms with Crippen LogP contribution in [0.5, 0.6) is 0 Å². The quantitative estimate of drug-likeness (QED) is 0.263. The molecule has 1 fully saturated rings. The summed E-state index contributed by atoms with van der Waals surface area (Å²) in [7, 11) is -3.31. The molecule has 2 aromatic carbocycles. The van der Waals surface area contributed by atoms with Crippen molar-refractivity contribution in [2.45, 2.75) is 39.0 Å². The highest BCUT2D eigenvalue weighted by molar-refractivity contribution is 7.91. The van der Waals surface area contributed by atoms with Crippen LogP contribution in [0.2, 0.25) is 10.0 Å². The number of ketones is 1. The van der Waals surface area contributed by atoms with E-state index < -0.39 is 33.9 Å². The van der Waals surface area contributed by atoms with Gasteiger partial charge in [0.1, 0.15) is 11.5 Å². The number of alkyl carbamates (subject to hydrolysis) is 1. The molecule has 2 unspecified atom stereocenters. The summed E-state index contributed by atoms with van der Waals surface area (Å²) >= 11 is 12.5. The third kappa shape index (κ3) is 6.77. The number of carbonyl (C=O) groups excluding carboxylic acids is 2. The summed E-state index contributed by atoms with van der Waals surface area (Å²) in [6.45, 7) is 3.71. The van der Waals surface area contributed by atoms with Crippen LogP contribution in [0.25, 0.3) is 11.3 Å². The van der Waals surface area contributed by atoms with Crippen LogP contribution in [-0.2, 0) is 21.1 Å². The first-order chi connectivity index (χ1) is 18.1. The molecule has 2 atom stereocenters. The molecule has 1 aliphatic heterocycles. The average molecular weight is 580 g/mol. The fraction of sp³-hybridized carbons (Fsp3) is 0.333. The zero-order valence-corrected chi connectivity index (χ0v) is 23.3. The maximum absolute atomic E-state index is 13.7. The van der Waals surface area contributed by atoms with Crippen LogP contribution in [0.3, 0.4) is 0 Å². The van der Waals surface area contributed by atoms with Crippen molar-refractivity contribution in [1.29, 1.82) is 0 Å². The molecule has 4 rings (SSSR count). The van der Waals surface area contributed by atoms with Gasteiger partial charge in [-0.3, -0.25) is 15.0 Å². The SMILES string of the molecule is CCOC(=O)NC(C(=O)c1ccc(C)cc1)N(Cc1ccc(-c2cc(Cl)ccc2Cl)o1)C1CCS(=O)(=O)C1. The van der Waals surface area contributed by atoms with Gasteiger partial charge in [0.05, 0.1) is 29.7 Å². The van der Waals surface area contributed by atoms with E-state index in [0.717, 1.165) is 5.56 Å². The summed E-state index contributed by atoms with van der Waals surface area (Å²) in [5, 5.41) is 3.59. The molecular weight excluding hydrogens is 551 g/mol. The number of amides is 1. The second-order valence-corrected chi connectivity index (χ2v) is 12.2. The van der Waals surface area contributed by atoms with Crippen molar-refractivity contribution in [2.75, 3.05) is 18.1 Å². The summed E-state index contributed by atoms with van der Waals surface area (Å²) in [6.07, 6.45) is -1.67. The third-order valence-electron chi connectivity index (χ3n) is 6.32. The fourth-order valence-corrected chi connectivity index (χ4v) is 6.53.